The van der Waals surface area contributed by atoms with Gasteiger partial charge >= 0.3 is 0 Å². The normalized spacial score (nSPS) is 16.1. The van der Waals surface area contributed by atoms with Crippen molar-refractivity contribution in [3.05, 3.63) is 30.0 Å². The standard InChI is InChI=1S/C17H23N3O/c1-14-6-7-16-15(12-14)13-18-20(16)11-8-17(21)19-9-4-2-3-5-10-19/h6-7,12-13H,2-5,8-11H2,1H3. The molecule has 1 aliphatic rings. The minimum atomic E-state index is 0.271. The van der Waals surface area contributed by atoms with Crippen LogP contribution in [-0.2, 0) is 11.3 Å². The van der Waals surface area contributed by atoms with E-state index < -0.39 is 0 Å². The van der Waals surface area contributed by atoms with Crippen LogP contribution in [0.3, 0.4) is 0 Å². The summed E-state index contributed by atoms with van der Waals surface area (Å²) in [7, 11) is 0. The predicted octanol–water partition coefficient (Wildman–Crippen LogP) is 3.14. The van der Waals surface area contributed by atoms with E-state index in [9.17, 15) is 4.79 Å². The van der Waals surface area contributed by atoms with Crippen LogP contribution < -0.4 is 0 Å². The van der Waals surface area contributed by atoms with Gasteiger partial charge in [0.1, 0.15) is 0 Å². The molecule has 0 bridgehead atoms. The van der Waals surface area contributed by atoms with Gasteiger partial charge in [0.15, 0.2) is 0 Å². The summed E-state index contributed by atoms with van der Waals surface area (Å²) in [6.45, 7) is 4.61. The third-order valence-electron chi connectivity index (χ3n) is 4.29. The van der Waals surface area contributed by atoms with Crippen LogP contribution in [0.5, 0.6) is 0 Å². The van der Waals surface area contributed by atoms with Gasteiger partial charge in [-0.15, -0.1) is 0 Å². The molecule has 4 heteroatoms. The highest BCUT2D eigenvalue weighted by atomic mass is 16.2. The Morgan fingerprint density at radius 1 is 1.19 bits per heavy atom. The third kappa shape index (κ3) is 3.26. The number of fused-ring (bicyclic) bond motifs is 1. The minimum absolute atomic E-state index is 0.271. The number of nitrogens with zero attached hydrogens (tertiary/aromatic N) is 3. The number of aryl methyl sites for hydroxylation is 2. The van der Waals surface area contributed by atoms with Gasteiger partial charge in [-0.3, -0.25) is 9.48 Å². The Labute approximate surface area is 125 Å². The molecule has 1 amide bonds. The average Bonchev–Trinajstić information content (AvgIpc) is 2.70. The van der Waals surface area contributed by atoms with Crippen molar-refractivity contribution in [3.63, 3.8) is 0 Å². The van der Waals surface area contributed by atoms with E-state index in [2.05, 4.69) is 30.2 Å². The zero-order chi connectivity index (χ0) is 14.7. The molecule has 0 aliphatic carbocycles. The van der Waals surface area contributed by atoms with Crippen molar-refractivity contribution in [1.82, 2.24) is 14.7 Å². The zero-order valence-electron chi connectivity index (χ0n) is 12.7. The second-order valence-corrected chi connectivity index (χ2v) is 5.97. The van der Waals surface area contributed by atoms with Crippen molar-refractivity contribution in [1.29, 1.82) is 0 Å². The first-order chi connectivity index (χ1) is 10.2. The van der Waals surface area contributed by atoms with Gasteiger partial charge in [0.2, 0.25) is 5.91 Å². The summed E-state index contributed by atoms with van der Waals surface area (Å²) in [5, 5.41) is 5.57. The van der Waals surface area contributed by atoms with E-state index >= 15 is 0 Å². The van der Waals surface area contributed by atoms with Crippen LogP contribution in [0, 0.1) is 6.92 Å². The number of likely N-dealkylation sites (tertiary alicyclic amines) is 1. The van der Waals surface area contributed by atoms with Crippen LogP contribution in [0.1, 0.15) is 37.7 Å². The van der Waals surface area contributed by atoms with Crippen LogP contribution in [0.15, 0.2) is 24.4 Å². The van der Waals surface area contributed by atoms with E-state index in [0.717, 1.165) is 36.8 Å². The van der Waals surface area contributed by atoms with Crippen molar-refractivity contribution in [2.75, 3.05) is 13.1 Å². The molecular weight excluding hydrogens is 262 g/mol. The first kappa shape index (κ1) is 14.1. The summed E-state index contributed by atoms with van der Waals surface area (Å²) in [6.07, 6.45) is 7.24. The molecule has 21 heavy (non-hydrogen) atoms. The summed E-state index contributed by atoms with van der Waals surface area (Å²) in [5.41, 5.74) is 2.35. The molecule has 112 valence electrons. The Bertz CT molecular complexity index is 624. The summed E-state index contributed by atoms with van der Waals surface area (Å²) >= 11 is 0. The highest BCUT2D eigenvalue weighted by Gasteiger charge is 2.15. The molecule has 1 fully saturated rings. The van der Waals surface area contributed by atoms with Gasteiger partial charge in [-0.05, 0) is 31.9 Å². The predicted molar refractivity (Wildman–Crippen MR) is 84.1 cm³/mol. The molecule has 1 aromatic carbocycles. The summed E-state index contributed by atoms with van der Waals surface area (Å²) < 4.78 is 1.95. The number of carbonyl (C=O) groups excluding carboxylic acids is 1. The SMILES string of the molecule is Cc1ccc2c(cnn2CCC(=O)N2CCCCCC2)c1. The van der Waals surface area contributed by atoms with Crippen molar-refractivity contribution in [2.24, 2.45) is 0 Å². The first-order valence-electron chi connectivity index (χ1n) is 7.94. The van der Waals surface area contributed by atoms with Gasteiger partial charge in [-0.25, -0.2) is 0 Å². The lowest BCUT2D eigenvalue weighted by Gasteiger charge is -2.20. The molecule has 0 saturated carbocycles. The fourth-order valence-corrected chi connectivity index (χ4v) is 3.06. The summed E-state index contributed by atoms with van der Waals surface area (Å²) in [6, 6.07) is 6.32. The average molecular weight is 285 g/mol. The molecule has 2 aromatic rings. The van der Waals surface area contributed by atoms with Gasteiger partial charge in [-0.1, -0.05) is 24.5 Å². The Morgan fingerprint density at radius 2 is 1.95 bits per heavy atom. The van der Waals surface area contributed by atoms with Gasteiger partial charge in [0.05, 0.1) is 18.3 Å². The Hall–Kier alpha value is -1.84. The Balaban J connectivity index is 1.64. The molecule has 1 saturated heterocycles. The van der Waals surface area contributed by atoms with E-state index in [4.69, 9.17) is 0 Å². The van der Waals surface area contributed by atoms with Crippen LogP contribution in [0.4, 0.5) is 0 Å². The summed E-state index contributed by atoms with van der Waals surface area (Å²) in [5.74, 6) is 0.271. The smallest absolute Gasteiger partial charge is 0.224 e. The van der Waals surface area contributed by atoms with Crippen LogP contribution in [0.2, 0.25) is 0 Å². The Kier molecular flexibility index (Phi) is 4.23. The molecule has 4 nitrogen and oxygen atoms in total. The molecule has 0 spiro atoms. The lowest BCUT2D eigenvalue weighted by Crippen LogP contribution is -2.32. The topological polar surface area (TPSA) is 38.1 Å². The number of amides is 1. The minimum Gasteiger partial charge on any atom is -0.343 e. The maximum absolute atomic E-state index is 12.3. The number of hydrogen-bond acceptors (Lipinski definition) is 2. The molecular formula is C17H23N3O. The number of benzene rings is 1. The highest BCUT2D eigenvalue weighted by Crippen LogP contribution is 2.16. The molecule has 3 rings (SSSR count). The van der Waals surface area contributed by atoms with Crippen molar-refractivity contribution < 1.29 is 4.79 Å². The van der Waals surface area contributed by atoms with Gasteiger partial charge in [0, 0.05) is 24.9 Å². The molecule has 2 heterocycles. The maximum atomic E-state index is 12.3. The van der Waals surface area contributed by atoms with E-state index in [0.29, 0.717) is 13.0 Å². The fourth-order valence-electron chi connectivity index (χ4n) is 3.06. The molecule has 0 atom stereocenters. The van der Waals surface area contributed by atoms with E-state index in [1.54, 1.807) is 0 Å². The van der Waals surface area contributed by atoms with Crippen LogP contribution in [0.25, 0.3) is 10.9 Å². The maximum Gasteiger partial charge on any atom is 0.224 e. The molecule has 1 aromatic heterocycles. The zero-order valence-corrected chi connectivity index (χ0v) is 12.7. The second-order valence-electron chi connectivity index (χ2n) is 5.97. The number of carbonyl (C=O) groups is 1. The third-order valence-corrected chi connectivity index (χ3v) is 4.29. The van der Waals surface area contributed by atoms with E-state index in [1.165, 1.54) is 18.4 Å². The highest BCUT2D eigenvalue weighted by molar-refractivity contribution is 5.80. The fraction of sp³-hybridized carbons (Fsp3) is 0.529. The molecule has 0 radical (unpaired) electrons. The lowest BCUT2D eigenvalue weighted by molar-refractivity contribution is -0.131. The molecule has 0 unspecified atom stereocenters. The number of rotatable bonds is 3. The van der Waals surface area contributed by atoms with Gasteiger partial charge < -0.3 is 4.90 Å². The number of hydrogen-bond donors (Lipinski definition) is 0. The van der Waals surface area contributed by atoms with E-state index in [-0.39, 0.29) is 5.91 Å². The van der Waals surface area contributed by atoms with Crippen molar-refractivity contribution in [2.45, 2.75) is 45.6 Å². The quantitative estimate of drug-likeness (QED) is 0.869. The monoisotopic (exact) mass is 285 g/mol. The van der Waals surface area contributed by atoms with Crippen LogP contribution in [-0.4, -0.2) is 33.7 Å². The largest absolute Gasteiger partial charge is 0.343 e. The lowest BCUT2D eigenvalue weighted by atomic mass is 10.2. The van der Waals surface area contributed by atoms with Gasteiger partial charge in [0.25, 0.3) is 0 Å². The number of aromatic nitrogens is 2. The van der Waals surface area contributed by atoms with Crippen molar-refractivity contribution >= 4 is 16.8 Å². The second kappa shape index (κ2) is 6.29. The van der Waals surface area contributed by atoms with Gasteiger partial charge in [-0.2, -0.15) is 5.10 Å². The van der Waals surface area contributed by atoms with Crippen LogP contribution >= 0.6 is 0 Å². The van der Waals surface area contributed by atoms with Crippen molar-refractivity contribution in [3.8, 4) is 0 Å². The summed E-state index contributed by atoms with van der Waals surface area (Å²) in [4.78, 5) is 14.4. The molecule has 0 N–H and O–H groups in total. The molecule has 1 aliphatic heterocycles. The van der Waals surface area contributed by atoms with E-state index in [1.807, 2.05) is 15.8 Å². The Morgan fingerprint density at radius 3 is 2.71 bits per heavy atom. The first-order valence-corrected chi connectivity index (χ1v) is 7.94.